The number of anilines is 2. The van der Waals surface area contributed by atoms with E-state index in [4.69, 9.17) is 20.6 Å². The van der Waals surface area contributed by atoms with Gasteiger partial charge in [-0.15, -0.1) is 10.2 Å². The molecule has 0 bridgehead atoms. The van der Waals surface area contributed by atoms with Gasteiger partial charge in [-0.25, -0.2) is 0 Å². The van der Waals surface area contributed by atoms with Gasteiger partial charge in [0.05, 0.1) is 12.4 Å². The number of nitrogen functional groups attached to an aromatic ring is 2. The second-order valence-electron chi connectivity index (χ2n) is 4.59. The van der Waals surface area contributed by atoms with E-state index in [1.807, 2.05) is 31.2 Å². The van der Waals surface area contributed by atoms with Gasteiger partial charge >= 0.3 is 0 Å². The van der Waals surface area contributed by atoms with Crippen LogP contribution in [-0.4, -0.2) is 31.8 Å². The maximum atomic E-state index is 5.62. The van der Waals surface area contributed by atoms with Gasteiger partial charge in [0.25, 0.3) is 5.22 Å². The normalized spacial score (nSPS) is 10.7. The molecule has 0 spiro atoms. The lowest BCUT2D eigenvalue weighted by Crippen LogP contribution is -2.05. The number of nitrogens with two attached hydrogens (primary N) is 2. The van der Waals surface area contributed by atoms with Crippen LogP contribution in [-0.2, 0) is 5.75 Å². The van der Waals surface area contributed by atoms with Crippen molar-refractivity contribution < 1.29 is 9.15 Å². The van der Waals surface area contributed by atoms with Gasteiger partial charge < -0.3 is 20.6 Å². The van der Waals surface area contributed by atoms with Crippen LogP contribution in [0.15, 0.2) is 33.9 Å². The summed E-state index contributed by atoms with van der Waals surface area (Å²) in [5.41, 5.74) is 11.9. The summed E-state index contributed by atoms with van der Waals surface area (Å²) in [6.07, 6.45) is 0. The average molecular weight is 345 g/mol. The molecule has 0 unspecified atom stereocenters. The Hall–Kier alpha value is -2.88. The molecular weight excluding hydrogens is 330 g/mol. The number of ether oxygens (including phenoxy) is 1. The van der Waals surface area contributed by atoms with Crippen molar-refractivity contribution in [3.63, 3.8) is 0 Å². The van der Waals surface area contributed by atoms with Gasteiger partial charge in [0, 0.05) is 5.56 Å². The zero-order valence-corrected chi connectivity index (χ0v) is 13.7. The summed E-state index contributed by atoms with van der Waals surface area (Å²) in [4.78, 5) is 11.7. The molecule has 0 atom stereocenters. The van der Waals surface area contributed by atoms with Gasteiger partial charge in [0.1, 0.15) is 11.6 Å². The lowest BCUT2D eigenvalue weighted by atomic mass is 10.2. The molecule has 3 aromatic rings. The first-order valence-electron chi connectivity index (χ1n) is 7.09. The van der Waals surface area contributed by atoms with Crippen molar-refractivity contribution in [2.75, 3.05) is 18.1 Å². The van der Waals surface area contributed by atoms with E-state index in [2.05, 4.69) is 25.1 Å². The maximum absolute atomic E-state index is 5.62. The molecule has 0 amide bonds. The van der Waals surface area contributed by atoms with Gasteiger partial charge in [-0.1, -0.05) is 11.8 Å². The third kappa shape index (κ3) is 3.90. The van der Waals surface area contributed by atoms with E-state index in [-0.39, 0.29) is 11.9 Å². The molecule has 2 aromatic heterocycles. The molecule has 0 saturated carbocycles. The molecular formula is C14H15N7O2S. The summed E-state index contributed by atoms with van der Waals surface area (Å²) >= 11 is 1.29. The molecule has 9 nitrogen and oxygen atoms in total. The van der Waals surface area contributed by atoms with Crippen molar-refractivity contribution in [2.45, 2.75) is 17.9 Å². The number of rotatable bonds is 6. The van der Waals surface area contributed by atoms with Crippen LogP contribution in [0.3, 0.4) is 0 Å². The monoisotopic (exact) mass is 345 g/mol. The minimum atomic E-state index is 0.0821. The van der Waals surface area contributed by atoms with E-state index in [1.165, 1.54) is 11.8 Å². The Morgan fingerprint density at radius 2 is 1.75 bits per heavy atom. The molecule has 2 heterocycles. The molecule has 4 N–H and O–H groups in total. The van der Waals surface area contributed by atoms with Gasteiger partial charge in [-0.2, -0.15) is 15.0 Å². The van der Waals surface area contributed by atoms with Crippen molar-refractivity contribution in [1.82, 2.24) is 25.1 Å². The third-order valence-electron chi connectivity index (χ3n) is 2.86. The predicted molar refractivity (Wildman–Crippen MR) is 89.1 cm³/mol. The Balaban J connectivity index is 1.66. The second kappa shape index (κ2) is 7.13. The first-order valence-corrected chi connectivity index (χ1v) is 8.08. The van der Waals surface area contributed by atoms with Crippen LogP contribution in [0, 0.1) is 0 Å². The highest BCUT2D eigenvalue weighted by atomic mass is 32.2. The van der Waals surface area contributed by atoms with E-state index in [0.717, 1.165) is 11.3 Å². The molecule has 0 aliphatic carbocycles. The molecule has 0 saturated heterocycles. The molecule has 0 aliphatic rings. The predicted octanol–water partition coefficient (Wildman–Crippen LogP) is 1.78. The van der Waals surface area contributed by atoms with Gasteiger partial charge in [0.15, 0.2) is 0 Å². The Morgan fingerprint density at radius 1 is 1.04 bits per heavy atom. The van der Waals surface area contributed by atoms with Crippen molar-refractivity contribution in [3.05, 3.63) is 30.1 Å². The zero-order chi connectivity index (χ0) is 16.9. The first-order chi connectivity index (χ1) is 11.6. The van der Waals surface area contributed by atoms with Crippen LogP contribution in [0.5, 0.6) is 5.75 Å². The van der Waals surface area contributed by atoms with E-state index < -0.39 is 0 Å². The Morgan fingerprint density at radius 3 is 2.42 bits per heavy atom. The van der Waals surface area contributed by atoms with Crippen LogP contribution in [0.25, 0.3) is 11.5 Å². The Bertz CT molecular complexity index is 802. The number of hydrogen-bond donors (Lipinski definition) is 2. The standard InChI is InChI=1S/C14H15N7O2S/c1-2-22-9-5-3-8(4-6-9)11-20-21-14(23-11)24-7-10-17-12(15)19-13(16)18-10/h3-6H,2,7H2,1H3,(H4,15,16,17,18,19). The largest absolute Gasteiger partial charge is 0.494 e. The second-order valence-corrected chi connectivity index (χ2v) is 5.51. The molecule has 124 valence electrons. The summed E-state index contributed by atoms with van der Waals surface area (Å²) in [7, 11) is 0. The number of aromatic nitrogens is 5. The van der Waals surface area contributed by atoms with Crippen LogP contribution in [0.1, 0.15) is 12.7 Å². The minimum absolute atomic E-state index is 0.0821. The number of hydrogen-bond acceptors (Lipinski definition) is 10. The van der Waals surface area contributed by atoms with Crippen LogP contribution in [0.4, 0.5) is 11.9 Å². The van der Waals surface area contributed by atoms with Gasteiger partial charge in [-0.05, 0) is 31.2 Å². The molecule has 24 heavy (non-hydrogen) atoms. The van der Waals surface area contributed by atoms with Crippen LogP contribution < -0.4 is 16.2 Å². The summed E-state index contributed by atoms with van der Waals surface area (Å²) in [5.74, 6) is 2.22. The summed E-state index contributed by atoms with van der Waals surface area (Å²) in [6.45, 7) is 2.55. The van der Waals surface area contributed by atoms with E-state index >= 15 is 0 Å². The fraction of sp³-hybridized carbons (Fsp3) is 0.214. The lowest BCUT2D eigenvalue weighted by molar-refractivity contribution is 0.340. The Kier molecular flexibility index (Phi) is 4.75. The highest BCUT2D eigenvalue weighted by Gasteiger charge is 2.11. The lowest BCUT2D eigenvalue weighted by Gasteiger charge is -2.02. The topological polar surface area (TPSA) is 139 Å². The van der Waals surface area contributed by atoms with Crippen LogP contribution >= 0.6 is 11.8 Å². The molecule has 3 rings (SSSR count). The quantitative estimate of drug-likeness (QED) is 0.635. The average Bonchev–Trinajstić information content (AvgIpc) is 3.02. The van der Waals surface area contributed by atoms with E-state index in [9.17, 15) is 0 Å². The van der Waals surface area contributed by atoms with E-state index in [0.29, 0.717) is 29.3 Å². The molecule has 0 fully saturated rings. The van der Waals surface area contributed by atoms with Crippen LogP contribution in [0.2, 0.25) is 0 Å². The van der Waals surface area contributed by atoms with Crippen molar-refractivity contribution in [1.29, 1.82) is 0 Å². The highest BCUT2D eigenvalue weighted by Crippen LogP contribution is 2.26. The fourth-order valence-electron chi connectivity index (χ4n) is 1.89. The molecule has 0 aliphatic heterocycles. The zero-order valence-electron chi connectivity index (χ0n) is 12.8. The Labute approximate surface area is 141 Å². The van der Waals surface area contributed by atoms with Crippen molar-refractivity contribution >= 4 is 23.7 Å². The maximum Gasteiger partial charge on any atom is 0.277 e. The third-order valence-corrected chi connectivity index (χ3v) is 3.67. The summed E-state index contributed by atoms with van der Waals surface area (Å²) in [6, 6.07) is 7.43. The number of benzene rings is 1. The summed E-state index contributed by atoms with van der Waals surface area (Å²) < 4.78 is 11.0. The first kappa shape index (κ1) is 16.0. The highest BCUT2D eigenvalue weighted by molar-refractivity contribution is 7.98. The summed E-state index contributed by atoms with van der Waals surface area (Å²) in [5, 5.41) is 8.42. The van der Waals surface area contributed by atoms with Gasteiger partial charge in [0.2, 0.25) is 17.8 Å². The fourth-order valence-corrected chi connectivity index (χ4v) is 2.51. The molecule has 10 heteroatoms. The molecule has 1 aromatic carbocycles. The molecule has 0 radical (unpaired) electrons. The number of nitrogens with zero attached hydrogens (tertiary/aromatic N) is 5. The smallest absolute Gasteiger partial charge is 0.277 e. The SMILES string of the molecule is CCOc1ccc(-c2nnc(SCc3nc(N)nc(N)n3)o2)cc1. The van der Waals surface area contributed by atoms with Crippen molar-refractivity contribution in [3.8, 4) is 17.2 Å². The van der Waals surface area contributed by atoms with Gasteiger partial charge in [-0.3, -0.25) is 0 Å². The van der Waals surface area contributed by atoms with Crippen molar-refractivity contribution in [2.24, 2.45) is 0 Å². The minimum Gasteiger partial charge on any atom is -0.494 e. The number of thioether (sulfide) groups is 1. The van der Waals surface area contributed by atoms with E-state index in [1.54, 1.807) is 0 Å².